The van der Waals surface area contributed by atoms with E-state index < -0.39 is 0 Å². The number of nitrogens with two attached hydrogens (primary N) is 1. The van der Waals surface area contributed by atoms with Crippen LogP contribution in [0.3, 0.4) is 0 Å². The molecule has 78 valence electrons. The Hall–Kier alpha value is -0.930. The lowest BCUT2D eigenvalue weighted by Crippen LogP contribution is -2.07. The minimum Gasteiger partial charge on any atom is -0.506 e. The molecule has 0 aliphatic heterocycles. The highest BCUT2D eigenvalue weighted by Crippen LogP contribution is 2.40. The summed E-state index contributed by atoms with van der Waals surface area (Å²) in [5.74, 6) is 0.498. The van der Waals surface area contributed by atoms with Crippen LogP contribution in [0.5, 0.6) is 11.5 Å². The van der Waals surface area contributed by atoms with Gasteiger partial charge in [-0.3, -0.25) is 0 Å². The fourth-order valence-corrected chi connectivity index (χ4v) is 1.66. The van der Waals surface area contributed by atoms with Crippen molar-refractivity contribution >= 4 is 11.6 Å². The fourth-order valence-electron chi connectivity index (χ4n) is 1.32. The third kappa shape index (κ3) is 1.79. The number of hydrogen-bond donors (Lipinski definition) is 2. The number of ether oxygens (including phenoxy) is 1. The lowest BCUT2D eigenvalue weighted by atomic mass is 10.0. The Morgan fingerprint density at radius 3 is 2.57 bits per heavy atom. The van der Waals surface area contributed by atoms with Gasteiger partial charge in [-0.25, -0.2) is 0 Å². The van der Waals surface area contributed by atoms with Crippen LogP contribution in [0.1, 0.15) is 24.1 Å². The van der Waals surface area contributed by atoms with Gasteiger partial charge in [0.25, 0.3) is 0 Å². The Balaban J connectivity index is 3.43. The van der Waals surface area contributed by atoms with Gasteiger partial charge in [0.2, 0.25) is 0 Å². The third-order valence-corrected chi connectivity index (χ3v) is 2.46. The number of halogens is 1. The van der Waals surface area contributed by atoms with Crippen molar-refractivity contribution in [3.8, 4) is 11.5 Å². The molecule has 1 rings (SSSR count). The van der Waals surface area contributed by atoms with Gasteiger partial charge in [-0.2, -0.15) is 0 Å². The van der Waals surface area contributed by atoms with Crippen LogP contribution in [0.4, 0.5) is 0 Å². The van der Waals surface area contributed by atoms with Gasteiger partial charge in [-0.05, 0) is 25.5 Å². The molecule has 0 radical (unpaired) electrons. The number of rotatable bonds is 2. The lowest BCUT2D eigenvalue weighted by molar-refractivity contribution is 0.399. The van der Waals surface area contributed by atoms with Crippen LogP contribution in [-0.2, 0) is 0 Å². The summed E-state index contributed by atoms with van der Waals surface area (Å²) in [6.07, 6.45) is 0. The van der Waals surface area contributed by atoms with E-state index in [4.69, 9.17) is 22.1 Å². The number of phenols is 1. The number of hydrogen-bond acceptors (Lipinski definition) is 3. The second kappa shape index (κ2) is 4.07. The molecule has 0 spiro atoms. The number of methoxy groups -OCH3 is 1. The standard InChI is InChI=1S/C10H14ClNO2/c1-5-4-7(6(2)12)10(14-3)8(11)9(5)13/h4,6,13H,12H2,1-3H3. The molecule has 4 heteroatoms. The Morgan fingerprint density at radius 1 is 1.57 bits per heavy atom. The normalized spacial score (nSPS) is 12.6. The van der Waals surface area contributed by atoms with E-state index >= 15 is 0 Å². The molecule has 14 heavy (non-hydrogen) atoms. The van der Waals surface area contributed by atoms with Gasteiger partial charge in [0.05, 0.1) is 7.11 Å². The van der Waals surface area contributed by atoms with E-state index in [0.29, 0.717) is 11.3 Å². The van der Waals surface area contributed by atoms with Crippen LogP contribution in [0.15, 0.2) is 6.07 Å². The van der Waals surface area contributed by atoms with Crippen LogP contribution >= 0.6 is 11.6 Å². The van der Waals surface area contributed by atoms with Crippen molar-refractivity contribution in [1.82, 2.24) is 0 Å². The van der Waals surface area contributed by atoms with Gasteiger partial charge in [0.15, 0.2) is 0 Å². The predicted octanol–water partition coefficient (Wildman–Crippen LogP) is 2.38. The highest BCUT2D eigenvalue weighted by Gasteiger charge is 2.16. The summed E-state index contributed by atoms with van der Waals surface area (Å²) < 4.78 is 5.10. The molecule has 0 fully saturated rings. The average molecular weight is 216 g/mol. The summed E-state index contributed by atoms with van der Waals surface area (Å²) in [6, 6.07) is 1.60. The van der Waals surface area contributed by atoms with Crippen LogP contribution in [0.25, 0.3) is 0 Å². The number of aromatic hydroxyl groups is 1. The molecule has 1 unspecified atom stereocenters. The second-order valence-corrected chi connectivity index (χ2v) is 3.65. The summed E-state index contributed by atoms with van der Waals surface area (Å²) in [7, 11) is 1.50. The van der Waals surface area contributed by atoms with E-state index in [-0.39, 0.29) is 16.8 Å². The molecule has 1 aromatic carbocycles. The lowest BCUT2D eigenvalue weighted by Gasteiger charge is -2.15. The van der Waals surface area contributed by atoms with Crippen LogP contribution in [-0.4, -0.2) is 12.2 Å². The number of phenolic OH excluding ortho intramolecular Hbond substituents is 1. The SMILES string of the molecule is COc1c(C(C)N)cc(C)c(O)c1Cl. The van der Waals surface area contributed by atoms with Gasteiger partial charge in [-0.1, -0.05) is 11.6 Å². The van der Waals surface area contributed by atoms with Crippen molar-refractivity contribution in [3.63, 3.8) is 0 Å². The first-order chi connectivity index (χ1) is 6.49. The molecule has 0 amide bonds. The Morgan fingerprint density at radius 2 is 2.14 bits per heavy atom. The first-order valence-corrected chi connectivity index (χ1v) is 4.68. The number of benzene rings is 1. The molecule has 0 aliphatic carbocycles. The first kappa shape index (κ1) is 11.1. The summed E-state index contributed by atoms with van der Waals surface area (Å²) >= 11 is 5.92. The zero-order valence-corrected chi connectivity index (χ0v) is 9.22. The smallest absolute Gasteiger partial charge is 0.146 e. The van der Waals surface area contributed by atoms with Crippen LogP contribution < -0.4 is 10.5 Å². The minimum atomic E-state index is -0.179. The van der Waals surface area contributed by atoms with Gasteiger partial charge in [0.1, 0.15) is 16.5 Å². The molecule has 0 bridgehead atoms. The molecule has 1 aromatic rings. The molecular weight excluding hydrogens is 202 g/mol. The zero-order chi connectivity index (χ0) is 10.9. The van der Waals surface area contributed by atoms with Crippen molar-refractivity contribution < 1.29 is 9.84 Å². The van der Waals surface area contributed by atoms with E-state index in [2.05, 4.69) is 0 Å². The molecule has 0 saturated heterocycles. The monoisotopic (exact) mass is 215 g/mol. The molecule has 0 heterocycles. The topological polar surface area (TPSA) is 55.5 Å². The minimum absolute atomic E-state index is 0.0490. The molecule has 0 aromatic heterocycles. The van der Waals surface area contributed by atoms with Crippen molar-refractivity contribution in [2.75, 3.05) is 7.11 Å². The van der Waals surface area contributed by atoms with Gasteiger partial charge < -0.3 is 15.6 Å². The molecular formula is C10H14ClNO2. The van der Waals surface area contributed by atoms with E-state index in [1.165, 1.54) is 7.11 Å². The Kier molecular flexibility index (Phi) is 3.24. The maximum Gasteiger partial charge on any atom is 0.146 e. The van der Waals surface area contributed by atoms with Gasteiger partial charge >= 0.3 is 0 Å². The summed E-state index contributed by atoms with van der Waals surface area (Å²) in [5.41, 5.74) is 7.25. The van der Waals surface area contributed by atoms with Crippen molar-refractivity contribution in [1.29, 1.82) is 0 Å². The molecule has 3 N–H and O–H groups in total. The van der Waals surface area contributed by atoms with E-state index in [0.717, 1.165) is 5.56 Å². The molecule has 0 saturated carbocycles. The number of aryl methyl sites for hydroxylation is 1. The summed E-state index contributed by atoms with van der Waals surface area (Å²) in [6.45, 7) is 3.61. The van der Waals surface area contributed by atoms with E-state index in [1.54, 1.807) is 13.0 Å². The van der Waals surface area contributed by atoms with Gasteiger partial charge in [-0.15, -0.1) is 0 Å². The van der Waals surface area contributed by atoms with Crippen molar-refractivity contribution in [2.45, 2.75) is 19.9 Å². The quantitative estimate of drug-likeness (QED) is 0.797. The maximum atomic E-state index is 9.57. The highest BCUT2D eigenvalue weighted by molar-refractivity contribution is 6.33. The van der Waals surface area contributed by atoms with Crippen molar-refractivity contribution in [2.24, 2.45) is 5.73 Å². The van der Waals surface area contributed by atoms with E-state index in [1.807, 2.05) is 6.92 Å². The summed E-state index contributed by atoms with van der Waals surface area (Å²) in [4.78, 5) is 0. The Labute approximate surface area is 88.4 Å². The molecule has 3 nitrogen and oxygen atoms in total. The largest absolute Gasteiger partial charge is 0.506 e. The molecule has 1 atom stereocenters. The Bertz CT molecular complexity index is 350. The second-order valence-electron chi connectivity index (χ2n) is 3.27. The van der Waals surface area contributed by atoms with Crippen molar-refractivity contribution in [3.05, 3.63) is 22.2 Å². The van der Waals surface area contributed by atoms with Gasteiger partial charge in [0, 0.05) is 11.6 Å². The fraction of sp³-hybridized carbons (Fsp3) is 0.400. The van der Waals surface area contributed by atoms with E-state index in [9.17, 15) is 5.11 Å². The third-order valence-electron chi connectivity index (χ3n) is 2.11. The van der Waals surface area contributed by atoms with Crippen LogP contribution in [0.2, 0.25) is 5.02 Å². The first-order valence-electron chi connectivity index (χ1n) is 4.30. The predicted molar refractivity (Wildman–Crippen MR) is 57.0 cm³/mol. The maximum absolute atomic E-state index is 9.57. The summed E-state index contributed by atoms with van der Waals surface area (Å²) in [5, 5.41) is 9.79. The highest BCUT2D eigenvalue weighted by atomic mass is 35.5. The average Bonchev–Trinajstić information content (AvgIpc) is 2.13. The molecule has 0 aliphatic rings. The van der Waals surface area contributed by atoms with Crippen LogP contribution in [0, 0.1) is 6.92 Å². The zero-order valence-electron chi connectivity index (χ0n) is 8.47.